The van der Waals surface area contributed by atoms with E-state index in [4.69, 9.17) is 5.73 Å². The van der Waals surface area contributed by atoms with Crippen molar-refractivity contribution in [3.63, 3.8) is 0 Å². The van der Waals surface area contributed by atoms with Gasteiger partial charge in [-0.15, -0.1) is 0 Å². The summed E-state index contributed by atoms with van der Waals surface area (Å²) in [6.07, 6.45) is 3.79. The monoisotopic (exact) mass is 312 g/mol. The zero-order valence-electron chi connectivity index (χ0n) is 11.7. The minimum atomic E-state index is 0.501. The van der Waals surface area contributed by atoms with Crippen LogP contribution in [0.1, 0.15) is 45.6 Å². The second kappa shape index (κ2) is 7.80. The lowest BCUT2D eigenvalue weighted by molar-refractivity contribution is 0.623. The third-order valence-electron chi connectivity index (χ3n) is 3.23. The Hall–Kier alpha value is -0.540. The van der Waals surface area contributed by atoms with E-state index in [1.165, 1.54) is 30.5 Å². The normalized spacial score (nSPS) is 11.0. The number of hydrogen-bond acceptors (Lipinski definition) is 2. The Morgan fingerprint density at radius 3 is 2.56 bits per heavy atom. The lowest BCUT2D eigenvalue weighted by atomic mass is 10.1. The summed E-state index contributed by atoms with van der Waals surface area (Å²) in [5, 5.41) is 0. The zero-order valence-corrected chi connectivity index (χ0v) is 13.3. The molecule has 2 N–H and O–H groups in total. The molecule has 0 atom stereocenters. The Bertz CT molecular complexity index is 364. The van der Waals surface area contributed by atoms with Crippen molar-refractivity contribution in [2.45, 2.75) is 52.6 Å². The number of nitrogens with zero attached hydrogens (tertiary/aromatic N) is 1. The van der Waals surface area contributed by atoms with Gasteiger partial charge in [0.05, 0.1) is 0 Å². The van der Waals surface area contributed by atoms with Gasteiger partial charge in [0.2, 0.25) is 0 Å². The average molecular weight is 313 g/mol. The molecule has 0 amide bonds. The van der Waals surface area contributed by atoms with E-state index in [0.717, 1.165) is 11.0 Å². The molecule has 1 aromatic carbocycles. The van der Waals surface area contributed by atoms with Crippen molar-refractivity contribution < 1.29 is 0 Å². The van der Waals surface area contributed by atoms with Crippen molar-refractivity contribution in [3.8, 4) is 0 Å². The van der Waals surface area contributed by atoms with Crippen LogP contribution in [0.3, 0.4) is 0 Å². The predicted molar refractivity (Wildman–Crippen MR) is 84.0 cm³/mol. The largest absolute Gasteiger partial charge is 0.369 e. The fourth-order valence-electron chi connectivity index (χ4n) is 2.21. The Labute approximate surface area is 120 Å². The fraction of sp³-hybridized carbons (Fsp3) is 0.600. The van der Waals surface area contributed by atoms with Crippen LogP contribution in [0.5, 0.6) is 0 Å². The minimum Gasteiger partial charge on any atom is -0.369 e. The number of hydrogen-bond donors (Lipinski definition) is 1. The van der Waals surface area contributed by atoms with Gasteiger partial charge < -0.3 is 10.6 Å². The van der Waals surface area contributed by atoms with Gasteiger partial charge in [0.1, 0.15) is 0 Å². The Morgan fingerprint density at radius 1 is 1.28 bits per heavy atom. The zero-order chi connectivity index (χ0) is 13.5. The molecule has 0 aliphatic rings. The third kappa shape index (κ3) is 3.99. The van der Waals surface area contributed by atoms with Crippen LogP contribution in [-0.4, -0.2) is 12.6 Å². The van der Waals surface area contributed by atoms with Crippen LogP contribution in [0.4, 0.5) is 5.69 Å². The molecular formula is C15H25BrN2. The number of unbranched alkanes of at least 4 members (excludes halogenated alkanes) is 2. The number of nitrogens with two attached hydrogens (primary N) is 1. The molecule has 3 heteroatoms. The molecule has 0 saturated heterocycles. The Balaban J connectivity index is 2.94. The highest BCUT2D eigenvalue weighted by molar-refractivity contribution is 9.10. The summed E-state index contributed by atoms with van der Waals surface area (Å²) in [4.78, 5) is 2.46. The van der Waals surface area contributed by atoms with Crippen molar-refractivity contribution >= 4 is 21.6 Å². The van der Waals surface area contributed by atoms with Crippen molar-refractivity contribution in [1.82, 2.24) is 0 Å². The first-order valence-electron chi connectivity index (χ1n) is 6.85. The maximum atomic E-state index is 5.89. The maximum absolute atomic E-state index is 5.89. The standard InChI is InChI=1S/C15H25BrN2/c1-4-5-6-10-18(12(2)3)15-9-7-8-14(16)13(15)11-17/h7-9,12H,4-6,10-11,17H2,1-3H3. The molecule has 0 aliphatic heterocycles. The third-order valence-corrected chi connectivity index (χ3v) is 3.98. The molecular weight excluding hydrogens is 288 g/mol. The predicted octanol–water partition coefficient (Wildman–Crippen LogP) is 4.31. The summed E-state index contributed by atoms with van der Waals surface area (Å²) in [7, 11) is 0. The summed E-state index contributed by atoms with van der Waals surface area (Å²) in [5.41, 5.74) is 8.37. The van der Waals surface area contributed by atoms with Crippen LogP contribution in [0.2, 0.25) is 0 Å². The van der Waals surface area contributed by atoms with Gasteiger partial charge in [-0.2, -0.15) is 0 Å². The first kappa shape index (κ1) is 15.5. The molecule has 18 heavy (non-hydrogen) atoms. The van der Waals surface area contributed by atoms with E-state index in [0.29, 0.717) is 12.6 Å². The molecule has 0 aliphatic carbocycles. The van der Waals surface area contributed by atoms with Crippen molar-refractivity contribution in [2.24, 2.45) is 5.73 Å². The van der Waals surface area contributed by atoms with Gasteiger partial charge in [-0.3, -0.25) is 0 Å². The summed E-state index contributed by atoms with van der Waals surface area (Å²) < 4.78 is 1.11. The minimum absolute atomic E-state index is 0.501. The number of halogens is 1. The van der Waals surface area contributed by atoms with E-state index in [-0.39, 0.29) is 0 Å². The number of benzene rings is 1. The highest BCUT2D eigenvalue weighted by Crippen LogP contribution is 2.29. The molecule has 0 radical (unpaired) electrons. The molecule has 2 nitrogen and oxygen atoms in total. The Kier molecular flexibility index (Phi) is 6.72. The molecule has 0 aromatic heterocycles. The molecule has 1 aromatic rings. The maximum Gasteiger partial charge on any atom is 0.0425 e. The molecule has 0 bridgehead atoms. The van der Waals surface area contributed by atoms with Crippen molar-refractivity contribution in [3.05, 3.63) is 28.2 Å². The van der Waals surface area contributed by atoms with Crippen LogP contribution in [0.25, 0.3) is 0 Å². The van der Waals surface area contributed by atoms with Gasteiger partial charge in [-0.05, 0) is 32.4 Å². The van der Waals surface area contributed by atoms with Gasteiger partial charge in [-0.1, -0.05) is 41.8 Å². The fourth-order valence-corrected chi connectivity index (χ4v) is 2.72. The molecule has 0 heterocycles. The van der Waals surface area contributed by atoms with E-state index < -0.39 is 0 Å². The Morgan fingerprint density at radius 2 is 2.00 bits per heavy atom. The second-order valence-corrected chi connectivity index (χ2v) is 5.79. The van der Waals surface area contributed by atoms with Crippen LogP contribution in [-0.2, 0) is 6.54 Å². The van der Waals surface area contributed by atoms with Crippen LogP contribution in [0, 0.1) is 0 Å². The van der Waals surface area contributed by atoms with Crippen LogP contribution in [0.15, 0.2) is 22.7 Å². The lowest BCUT2D eigenvalue weighted by Crippen LogP contribution is -2.33. The quantitative estimate of drug-likeness (QED) is 0.760. The topological polar surface area (TPSA) is 29.3 Å². The number of anilines is 1. The van der Waals surface area contributed by atoms with Crippen LogP contribution < -0.4 is 10.6 Å². The first-order valence-corrected chi connectivity index (χ1v) is 7.65. The van der Waals surface area contributed by atoms with E-state index >= 15 is 0 Å². The summed E-state index contributed by atoms with van der Waals surface area (Å²) in [5.74, 6) is 0. The molecule has 0 spiro atoms. The summed E-state index contributed by atoms with van der Waals surface area (Å²) in [6, 6.07) is 6.84. The lowest BCUT2D eigenvalue weighted by Gasteiger charge is -2.31. The molecule has 102 valence electrons. The molecule has 0 fully saturated rings. The van der Waals surface area contributed by atoms with Crippen molar-refractivity contribution in [2.75, 3.05) is 11.4 Å². The van der Waals surface area contributed by atoms with Gasteiger partial charge >= 0.3 is 0 Å². The van der Waals surface area contributed by atoms with E-state index in [2.05, 4.69) is 59.8 Å². The highest BCUT2D eigenvalue weighted by Gasteiger charge is 2.15. The first-order chi connectivity index (χ1) is 8.61. The van der Waals surface area contributed by atoms with Crippen LogP contribution >= 0.6 is 15.9 Å². The molecule has 0 saturated carbocycles. The number of rotatable bonds is 7. The summed E-state index contributed by atoms with van der Waals surface area (Å²) in [6.45, 7) is 8.41. The van der Waals surface area contributed by atoms with Gasteiger partial charge in [0.15, 0.2) is 0 Å². The molecule has 1 rings (SSSR count). The molecule has 0 unspecified atom stereocenters. The average Bonchev–Trinajstić information content (AvgIpc) is 2.34. The SMILES string of the molecule is CCCCCN(c1cccc(Br)c1CN)C(C)C. The smallest absolute Gasteiger partial charge is 0.0425 e. The second-order valence-electron chi connectivity index (χ2n) is 4.94. The van der Waals surface area contributed by atoms with Gasteiger partial charge in [-0.25, -0.2) is 0 Å². The van der Waals surface area contributed by atoms with Gasteiger partial charge in [0, 0.05) is 34.9 Å². The highest BCUT2D eigenvalue weighted by atomic mass is 79.9. The van der Waals surface area contributed by atoms with Crippen molar-refractivity contribution in [1.29, 1.82) is 0 Å². The van der Waals surface area contributed by atoms with Gasteiger partial charge in [0.25, 0.3) is 0 Å². The van der Waals surface area contributed by atoms with E-state index in [9.17, 15) is 0 Å². The van der Waals surface area contributed by atoms with E-state index in [1.807, 2.05) is 0 Å². The summed E-state index contributed by atoms with van der Waals surface area (Å²) >= 11 is 3.60. The van der Waals surface area contributed by atoms with E-state index in [1.54, 1.807) is 0 Å².